The molecule has 0 N–H and O–H groups in total. The first-order valence-electron chi connectivity index (χ1n) is 6.53. The summed E-state index contributed by atoms with van der Waals surface area (Å²) in [6.45, 7) is 1.12. The average molecular weight is 314 g/mol. The lowest BCUT2D eigenvalue weighted by Crippen LogP contribution is -2.10. The fraction of sp³-hybridized carbons (Fsp3) is 0.125. The molecule has 0 bridgehead atoms. The molecule has 0 amide bonds. The van der Waals surface area contributed by atoms with Crippen molar-refractivity contribution in [2.75, 3.05) is 0 Å². The van der Waals surface area contributed by atoms with Gasteiger partial charge in [-0.3, -0.25) is 10.1 Å². The number of halogens is 1. The molecule has 23 heavy (non-hydrogen) atoms. The number of para-hydroxylation sites is 1. The summed E-state index contributed by atoms with van der Waals surface area (Å²) in [5.74, 6) is -1.60. The molecule has 2 aromatic rings. The molecular formula is C16H11FN2O4. The largest absolute Gasteiger partial charge is 0.457 e. The molecule has 0 aliphatic rings. The van der Waals surface area contributed by atoms with Crippen molar-refractivity contribution in [1.82, 2.24) is 0 Å². The molecule has 2 rings (SSSR count). The smallest absolute Gasteiger partial charge is 0.345 e. The number of aryl methyl sites for hydroxylation is 1. The van der Waals surface area contributed by atoms with Gasteiger partial charge in [-0.15, -0.1) is 0 Å². The predicted octanol–water partition coefficient (Wildman–Crippen LogP) is 3.27. The number of esters is 1. The summed E-state index contributed by atoms with van der Waals surface area (Å²) in [5.41, 5.74) is 0.0235. The predicted molar refractivity (Wildman–Crippen MR) is 78.1 cm³/mol. The Bertz CT molecular complexity index is 827. The van der Waals surface area contributed by atoms with Crippen LogP contribution in [0, 0.1) is 34.2 Å². The van der Waals surface area contributed by atoms with E-state index in [-0.39, 0.29) is 29.0 Å². The van der Waals surface area contributed by atoms with Gasteiger partial charge in [-0.2, -0.15) is 5.26 Å². The van der Waals surface area contributed by atoms with E-state index in [2.05, 4.69) is 0 Å². The summed E-state index contributed by atoms with van der Waals surface area (Å²) >= 11 is 0. The topological polar surface area (TPSA) is 93.2 Å². The molecule has 116 valence electrons. The minimum absolute atomic E-state index is 0.0765. The number of nitro groups is 1. The highest BCUT2D eigenvalue weighted by Gasteiger charge is 2.23. The van der Waals surface area contributed by atoms with Crippen molar-refractivity contribution in [1.29, 1.82) is 5.26 Å². The van der Waals surface area contributed by atoms with Crippen molar-refractivity contribution in [2.24, 2.45) is 0 Å². The first kappa shape index (κ1) is 16.1. The van der Waals surface area contributed by atoms with Crippen LogP contribution >= 0.6 is 0 Å². The van der Waals surface area contributed by atoms with Crippen LogP contribution in [0.15, 0.2) is 36.4 Å². The number of nitro benzene ring substituents is 1. The first-order chi connectivity index (χ1) is 10.9. The van der Waals surface area contributed by atoms with Crippen molar-refractivity contribution in [3.05, 3.63) is 74.6 Å². The summed E-state index contributed by atoms with van der Waals surface area (Å²) < 4.78 is 18.7. The summed E-state index contributed by atoms with van der Waals surface area (Å²) in [7, 11) is 0. The van der Waals surface area contributed by atoms with Crippen LogP contribution in [0.3, 0.4) is 0 Å². The SMILES string of the molecule is Cc1cccc(C(=O)OCc2ccc(C#N)cc2F)c1[N+](=O)[O-]. The summed E-state index contributed by atoms with van der Waals surface area (Å²) in [4.78, 5) is 22.4. The van der Waals surface area contributed by atoms with Gasteiger partial charge in [0, 0.05) is 11.1 Å². The number of benzene rings is 2. The van der Waals surface area contributed by atoms with Crippen LogP contribution in [0.2, 0.25) is 0 Å². The second kappa shape index (κ2) is 6.66. The molecule has 0 aliphatic carbocycles. The van der Waals surface area contributed by atoms with Gasteiger partial charge in [0.2, 0.25) is 0 Å². The Labute approximate surface area is 130 Å². The third kappa shape index (κ3) is 3.49. The van der Waals surface area contributed by atoms with Gasteiger partial charge >= 0.3 is 5.97 Å². The molecule has 0 spiro atoms. The van der Waals surface area contributed by atoms with E-state index in [1.165, 1.54) is 37.3 Å². The fourth-order valence-corrected chi connectivity index (χ4v) is 2.02. The number of hydrogen-bond donors (Lipinski definition) is 0. The van der Waals surface area contributed by atoms with Crippen molar-refractivity contribution >= 4 is 11.7 Å². The minimum atomic E-state index is -0.913. The Morgan fingerprint density at radius 1 is 1.39 bits per heavy atom. The molecule has 0 aliphatic heterocycles. The molecule has 0 saturated carbocycles. The molecule has 0 saturated heterocycles. The van der Waals surface area contributed by atoms with E-state index in [4.69, 9.17) is 10.00 Å². The van der Waals surface area contributed by atoms with Crippen molar-refractivity contribution in [3.8, 4) is 6.07 Å². The maximum Gasteiger partial charge on any atom is 0.345 e. The highest BCUT2D eigenvalue weighted by atomic mass is 19.1. The van der Waals surface area contributed by atoms with Crippen molar-refractivity contribution in [3.63, 3.8) is 0 Å². The van der Waals surface area contributed by atoms with E-state index in [0.717, 1.165) is 6.07 Å². The monoisotopic (exact) mass is 314 g/mol. The van der Waals surface area contributed by atoms with Gasteiger partial charge in [-0.05, 0) is 25.1 Å². The van der Waals surface area contributed by atoms with E-state index in [9.17, 15) is 19.3 Å². The Morgan fingerprint density at radius 3 is 2.74 bits per heavy atom. The summed E-state index contributed by atoms with van der Waals surface area (Å²) in [5, 5.41) is 19.7. The normalized spacial score (nSPS) is 9.96. The number of nitrogens with zero attached hydrogens (tertiary/aromatic N) is 2. The maximum absolute atomic E-state index is 13.7. The van der Waals surface area contributed by atoms with Gasteiger partial charge in [0.15, 0.2) is 0 Å². The molecule has 2 aromatic carbocycles. The highest BCUT2D eigenvalue weighted by molar-refractivity contribution is 5.94. The van der Waals surface area contributed by atoms with Crippen LogP contribution in [-0.2, 0) is 11.3 Å². The van der Waals surface area contributed by atoms with Crippen LogP contribution < -0.4 is 0 Å². The second-order valence-electron chi connectivity index (χ2n) is 4.72. The molecule has 0 fully saturated rings. The second-order valence-corrected chi connectivity index (χ2v) is 4.72. The molecule has 0 atom stereocenters. The van der Waals surface area contributed by atoms with Gasteiger partial charge in [-0.1, -0.05) is 18.2 Å². The van der Waals surface area contributed by atoms with Gasteiger partial charge < -0.3 is 4.74 Å². The lowest BCUT2D eigenvalue weighted by Gasteiger charge is -2.07. The quantitative estimate of drug-likeness (QED) is 0.490. The number of nitriles is 1. The average Bonchev–Trinajstić information content (AvgIpc) is 2.52. The minimum Gasteiger partial charge on any atom is -0.457 e. The summed E-state index contributed by atoms with van der Waals surface area (Å²) in [6.07, 6.45) is 0. The van der Waals surface area contributed by atoms with E-state index >= 15 is 0 Å². The van der Waals surface area contributed by atoms with Crippen molar-refractivity contribution in [2.45, 2.75) is 13.5 Å². The van der Waals surface area contributed by atoms with Gasteiger partial charge in [0.25, 0.3) is 5.69 Å². The van der Waals surface area contributed by atoms with E-state index in [1.54, 1.807) is 6.07 Å². The molecule has 0 radical (unpaired) electrons. The Kier molecular flexibility index (Phi) is 4.66. The Hall–Kier alpha value is -3.27. The lowest BCUT2D eigenvalue weighted by atomic mass is 10.1. The third-order valence-corrected chi connectivity index (χ3v) is 3.18. The number of carbonyl (C=O) groups excluding carboxylic acids is 1. The van der Waals surface area contributed by atoms with Crippen LogP contribution in [0.4, 0.5) is 10.1 Å². The zero-order chi connectivity index (χ0) is 17.0. The number of hydrogen-bond acceptors (Lipinski definition) is 5. The molecule has 6 nitrogen and oxygen atoms in total. The number of ether oxygens (including phenoxy) is 1. The number of carbonyl (C=O) groups is 1. The zero-order valence-corrected chi connectivity index (χ0v) is 12.1. The first-order valence-corrected chi connectivity index (χ1v) is 6.53. The molecule has 0 aromatic heterocycles. The van der Waals surface area contributed by atoms with E-state index < -0.39 is 16.7 Å². The third-order valence-electron chi connectivity index (χ3n) is 3.18. The Morgan fingerprint density at radius 2 is 2.13 bits per heavy atom. The molecule has 7 heteroatoms. The van der Waals surface area contributed by atoms with E-state index in [1.807, 2.05) is 0 Å². The molecular weight excluding hydrogens is 303 g/mol. The molecule has 0 unspecified atom stereocenters. The van der Waals surface area contributed by atoms with Gasteiger partial charge in [0.1, 0.15) is 18.0 Å². The van der Waals surface area contributed by atoms with Crippen LogP contribution in [-0.4, -0.2) is 10.9 Å². The van der Waals surface area contributed by atoms with Gasteiger partial charge in [-0.25, -0.2) is 9.18 Å². The molecule has 0 heterocycles. The fourth-order valence-electron chi connectivity index (χ4n) is 2.02. The summed E-state index contributed by atoms with van der Waals surface area (Å²) in [6, 6.07) is 9.82. The van der Waals surface area contributed by atoms with Gasteiger partial charge in [0.05, 0.1) is 16.6 Å². The Balaban J connectivity index is 2.20. The number of rotatable bonds is 4. The van der Waals surface area contributed by atoms with Crippen molar-refractivity contribution < 1.29 is 18.8 Å². The lowest BCUT2D eigenvalue weighted by molar-refractivity contribution is -0.385. The van der Waals surface area contributed by atoms with E-state index in [0.29, 0.717) is 5.56 Å². The van der Waals surface area contributed by atoms with Crippen LogP contribution in [0.1, 0.15) is 27.0 Å². The van der Waals surface area contributed by atoms with Crippen LogP contribution in [0.5, 0.6) is 0 Å². The standard InChI is InChI=1S/C16H11FN2O4/c1-10-3-2-4-13(15(10)19(21)22)16(20)23-9-12-6-5-11(8-18)7-14(12)17/h2-7H,9H2,1H3. The highest BCUT2D eigenvalue weighted by Crippen LogP contribution is 2.24. The zero-order valence-electron chi connectivity index (χ0n) is 12.1. The van der Waals surface area contributed by atoms with Crippen LogP contribution in [0.25, 0.3) is 0 Å². The maximum atomic E-state index is 13.7.